The molecule has 1 aliphatic carbocycles. The summed E-state index contributed by atoms with van der Waals surface area (Å²) in [5.41, 5.74) is 0. The number of ether oxygens (including phenoxy) is 1. The zero-order chi connectivity index (χ0) is 15.2. The van der Waals surface area contributed by atoms with Crippen LogP contribution in [0.3, 0.4) is 0 Å². The second-order valence-corrected chi connectivity index (χ2v) is 5.17. The molecular formula is C15H18FNO4. The van der Waals surface area contributed by atoms with Crippen molar-refractivity contribution in [2.24, 2.45) is 5.92 Å². The zero-order valence-corrected chi connectivity index (χ0v) is 11.5. The van der Waals surface area contributed by atoms with Gasteiger partial charge in [0.25, 0.3) is 5.91 Å². The van der Waals surface area contributed by atoms with Crippen LogP contribution < -0.4 is 10.1 Å². The lowest BCUT2D eigenvalue weighted by Crippen LogP contribution is -2.40. The standard InChI is InChI=1S/C15H18FNO4/c16-12-3-1-2-4-13(12)21-9-14(18)17-11-7-5-10(6-8-11)15(19)20/h1-4,10-11H,5-9H2,(H,17,18)(H,19,20). The third-order valence-electron chi connectivity index (χ3n) is 3.64. The van der Waals surface area contributed by atoms with Crippen molar-refractivity contribution in [2.75, 3.05) is 6.61 Å². The van der Waals surface area contributed by atoms with Crippen molar-refractivity contribution < 1.29 is 23.8 Å². The van der Waals surface area contributed by atoms with Gasteiger partial charge in [0, 0.05) is 6.04 Å². The summed E-state index contributed by atoms with van der Waals surface area (Å²) in [6.45, 7) is -0.250. The van der Waals surface area contributed by atoms with Gasteiger partial charge in [-0.25, -0.2) is 4.39 Å². The first-order valence-corrected chi connectivity index (χ1v) is 6.95. The molecule has 114 valence electrons. The second kappa shape index (κ2) is 7.06. The Morgan fingerprint density at radius 3 is 2.52 bits per heavy atom. The van der Waals surface area contributed by atoms with E-state index in [1.165, 1.54) is 12.1 Å². The second-order valence-electron chi connectivity index (χ2n) is 5.17. The molecule has 1 fully saturated rings. The summed E-state index contributed by atoms with van der Waals surface area (Å²) in [6, 6.07) is 5.87. The highest BCUT2D eigenvalue weighted by Gasteiger charge is 2.26. The smallest absolute Gasteiger partial charge is 0.306 e. The molecule has 6 heteroatoms. The lowest BCUT2D eigenvalue weighted by atomic mass is 9.86. The van der Waals surface area contributed by atoms with Crippen molar-refractivity contribution in [1.29, 1.82) is 0 Å². The van der Waals surface area contributed by atoms with Gasteiger partial charge in [0.15, 0.2) is 18.2 Å². The van der Waals surface area contributed by atoms with Crippen LogP contribution in [0.4, 0.5) is 4.39 Å². The van der Waals surface area contributed by atoms with Crippen LogP contribution in [-0.2, 0) is 9.59 Å². The Morgan fingerprint density at radius 1 is 1.24 bits per heavy atom. The van der Waals surface area contributed by atoms with E-state index < -0.39 is 11.8 Å². The third-order valence-corrected chi connectivity index (χ3v) is 3.64. The average molecular weight is 295 g/mol. The largest absolute Gasteiger partial charge is 0.481 e. The Kier molecular flexibility index (Phi) is 5.14. The van der Waals surface area contributed by atoms with Gasteiger partial charge in [0.2, 0.25) is 0 Å². The predicted molar refractivity (Wildman–Crippen MR) is 73.4 cm³/mol. The number of carbonyl (C=O) groups is 2. The molecule has 0 saturated heterocycles. The van der Waals surface area contributed by atoms with Gasteiger partial charge >= 0.3 is 5.97 Å². The molecule has 0 aliphatic heterocycles. The van der Waals surface area contributed by atoms with Gasteiger partial charge in [-0.15, -0.1) is 0 Å². The zero-order valence-electron chi connectivity index (χ0n) is 11.5. The SMILES string of the molecule is O=C(COc1ccccc1F)NC1CCC(C(=O)O)CC1. The number of carboxylic acids is 1. The first-order valence-electron chi connectivity index (χ1n) is 6.95. The molecule has 5 nitrogen and oxygen atoms in total. The summed E-state index contributed by atoms with van der Waals surface area (Å²) in [7, 11) is 0. The monoisotopic (exact) mass is 295 g/mol. The summed E-state index contributed by atoms with van der Waals surface area (Å²) in [5, 5.41) is 11.7. The molecular weight excluding hydrogens is 277 g/mol. The number of aliphatic carboxylic acids is 1. The molecule has 0 heterocycles. The van der Waals surface area contributed by atoms with Crippen LogP contribution in [0.25, 0.3) is 0 Å². The van der Waals surface area contributed by atoms with Crippen molar-refractivity contribution >= 4 is 11.9 Å². The normalized spacial score (nSPS) is 21.6. The van der Waals surface area contributed by atoms with Crippen molar-refractivity contribution in [1.82, 2.24) is 5.32 Å². The highest BCUT2D eigenvalue weighted by molar-refractivity contribution is 5.78. The summed E-state index contributed by atoms with van der Waals surface area (Å²) in [4.78, 5) is 22.6. The number of carbonyl (C=O) groups excluding carboxylic acids is 1. The molecule has 2 N–H and O–H groups in total. The Labute approximate surface area is 122 Å². The summed E-state index contributed by atoms with van der Waals surface area (Å²) in [5.74, 6) is -1.87. The van der Waals surface area contributed by atoms with E-state index in [1.54, 1.807) is 12.1 Å². The molecule has 0 bridgehead atoms. The van der Waals surface area contributed by atoms with E-state index in [4.69, 9.17) is 9.84 Å². The minimum absolute atomic E-state index is 0.0303. The van der Waals surface area contributed by atoms with Crippen LogP contribution in [-0.4, -0.2) is 29.6 Å². The molecule has 0 atom stereocenters. The molecule has 1 aromatic rings. The maximum atomic E-state index is 13.3. The van der Waals surface area contributed by atoms with Crippen LogP contribution in [0.15, 0.2) is 24.3 Å². The summed E-state index contributed by atoms with van der Waals surface area (Å²) in [6.07, 6.45) is 2.41. The maximum absolute atomic E-state index is 13.3. The number of amides is 1. The Balaban J connectivity index is 1.73. The number of nitrogens with one attached hydrogen (secondary N) is 1. The number of halogens is 1. The van der Waals surface area contributed by atoms with Crippen LogP contribution in [0.5, 0.6) is 5.75 Å². The van der Waals surface area contributed by atoms with E-state index in [1.807, 2.05) is 0 Å². The van der Waals surface area contributed by atoms with Crippen molar-refractivity contribution in [3.8, 4) is 5.75 Å². The van der Waals surface area contributed by atoms with Crippen molar-refractivity contribution in [2.45, 2.75) is 31.7 Å². The lowest BCUT2D eigenvalue weighted by molar-refractivity contribution is -0.142. The van der Waals surface area contributed by atoms with Gasteiger partial charge in [-0.2, -0.15) is 0 Å². The minimum Gasteiger partial charge on any atom is -0.481 e. The van der Waals surface area contributed by atoms with Crippen LogP contribution in [0.2, 0.25) is 0 Å². The molecule has 1 saturated carbocycles. The molecule has 1 aliphatic rings. The quantitative estimate of drug-likeness (QED) is 0.870. The van der Waals surface area contributed by atoms with Gasteiger partial charge in [-0.1, -0.05) is 12.1 Å². The predicted octanol–water partition coefficient (Wildman–Crippen LogP) is 1.96. The van der Waals surface area contributed by atoms with E-state index in [9.17, 15) is 14.0 Å². The van der Waals surface area contributed by atoms with Crippen LogP contribution >= 0.6 is 0 Å². The molecule has 1 aromatic carbocycles. The van der Waals surface area contributed by atoms with E-state index in [-0.39, 0.29) is 30.2 Å². The van der Waals surface area contributed by atoms with Gasteiger partial charge < -0.3 is 15.2 Å². The Hall–Kier alpha value is -2.11. The number of benzene rings is 1. The fourth-order valence-corrected chi connectivity index (χ4v) is 2.46. The van der Waals surface area contributed by atoms with E-state index >= 15 is 0 Å². The van der Waals surface area contributed by atoms with Gasteiger partial charge in [-0.3, -0.25) is 9.59 Å². The number of hydrogen-bond donors (Lipinski definition) is 2. The molecule has 2 rings (SSSR count). The first kappa shape index (κ1) is 15.3. The molecule has 0 aromatic heterocycles. The molecule has 21 heavy (non-hydrogen) atoms. The topological polar surface area (TPSA) is 75.6 Å². The molecule has 0 unspecified atom stereocenters. The summed E-state index contributed by atoms with van der Waals surface area (Å²) >= 11 is 0. The Bertz CT molecular complexity index is 512. The highest BCUT2D eigenvalue weighted by Crippen LogP contribution is 2.24. The van der Waals surface area contributed by atoms with E-state index in [0.717, 1.165) is 0 Å². The van der Waals surface area contributed by atoms with E-state index in [2.05, 4.69) is 5.32 Å². The van der Waals surface area contributed by atoms with Crippen LogP contribution in [0, 0.1) is 11.7 Å². The molecule has 1 amide bonds. The van der Waals surface area contributed by atoms with Gasteiger partial charge in [0.05, 0.1) is 5.92 Å². The lowest BCUT2D eigenvalue weighted by Gasteiger charge is -2.26. The minimum atomic E-state index is -0.775. The molecule has 0 spiro atoms. The van der Waals surface area contributed by atoms with Crippen molar-refractivity contribution in [3.63, 3.8) is 0 Å². The number of hydrogen-bond acceptors (Lipinski definition) is 3. The summed E-state index contributed by atoms with van der Waals surface area (Å²) < 4.78 is 18.4. The number of rotatable bonds is 5. The number of para-hydroxylation sites is 1. The first-order chi connectivity index (χ1) is 10.1. The van der Waals surface area contributed by atoms with Crippen LogP contribution in [0.1, 0.15) is 25.7 Å². The molecule has 0 radical (unpaired) electrons. The average Bonchev–Trinajstić information content (AvgIpc) is 2.47. The van der Waals surface area contributed by atoms with Gasteiger partial charge in [0.1, 0.15) is 0 Å². The fraction of sp³-hybridized carbons (Fsp3) is 0.467. The van der Waals surface area contributed by atoms with Gasteiger partial charge in [-0.05, 0) is 37.8 Å². The van der Waals surface area contributed by atoms with Crippen molar-refractivity contribution in [3.05, 3.63) is 30.1 Å². The fourth-order valence-electron chi connectivity index (χ4n) is 2.46. The maximum Gasteiger partial charge on any atom is 0.306 e. The van der Waals surface area contributed by atoms with E-state index in [0.29, 0.717) is 25.7 Å². The Morgan fingerprint density at radius 2 is 1.90 bits per heavy atom. The third kappa shape index (κ3) is 4.44. The number of carboxylic acid groups (broad SMARTS) is 1. The highest BCUT2D eigenvalue weighted by atomic mass is 19.1.